The fourth-order valence-electron chi connectivity index (χ4n) is 4.35. The lowest BCUT2D eigenvalue weighted by molar-refractivity contribution is -0.106. The van der Waals surface area contributed by atoms with Gasteiger partial charge in [-0.15, -0.1) is 10.2 Å². The Morgan fingerprint density at radius 1 is 1.25 bits per heavy atom. The van der Waals surface area contributed by atoms with Crippen molar-refractivity contribution in [2.75, 3.05) is 5.75 Å². The molecule has 3 aromatic heterocycles. The molecule has 0 saturated heterocycles. The average Bonchev–Trinajstić information content (AvgIpc) is 3.29. The summed E-state index contributed by atoms with van der Waals surface area (Å²) in [6.45, 7) is 1.94. The maximum absolute atomic E-state index is 12.7. The van der Waals surface area contributed by atoms with Gasteiger partial charge < -0.3 is 4.98 Å². The number of nitrogens with zero attached hydrogens (tertiary/aromatic N) is 4. The minimum absolute atomic E-state index is 0.0314. The molecule has 3 heterocycles. The van der Waals surface area contributed by atoms with Gasteiger partial charge in [0, 0.05) is 12.6 Å². The highest BCUT2D eigenvalue weighted by atomic mass is 32.2. The molecule has 0 spiro atoms. The summed E-state index contributed by atoms with van der Waals surface area (Å²) in [6, 6.07) is 1.85. The first-order chi connectivity index (χ1) is 13.2. The van der Waals surface area contributed by atoms with Crippen LogP contribution in [0.1, 0.15) is 32.0 Å². The van der Waals surface area contributed by atoms with Crippen LogP contribution in [-0.4, -0.2) is 50.2 Å². The van der Waals surface area contributed by atoms with E-state index in [4.69, 9.17) is 0 Å². The fourth-order valence-corrected chi connectivity index (χ4v) is 6.12. The molecule has 0 radical (unpaired) electrons. The number of fused-ring (bicyclic) bond motifs is 3. The van der Waals surface area contributed by atoms with Crippen LogP contribution in [0.4, 0.5) is 13.2 Å². The number of H-pyrrole nitrogens is 1. The van der Waals surface area contributed by atoms with Gasteiger partial charge in [0.2, 0.25) is 0 Å². The summed E-state index contributed by atoms with van der Waals surface area (Å²) in [5, 5.41) is 7.40. The predicted molar refractivity (Wildman–Crippen MR) is 96.5 cm³/mol. The Balaban J connectivity index is 1.61. The van der Waals surface area contributed by atoms with E-state index >= 15 is 0 Å². The van der Waals surface area contributed by atoms with Gasteiger partial charge in [0.05, 0.1) is 17.0 Å². The van der Waals surface area contributed by atoms with Gasteiger partial charge in [-0.05, 0) is 30.7 Å². The van der Waals surface area contributed by atoms with E-state index in [2.05, 4.69) is 20.2 Å². The van der Waals surface area contributed by atoms with Crippen molar-refractivity contribution in [2.24, 2.45) is 11.8 Å². The number of aromatic nitrogens is 5. The average molecular weight is 415 g/mol. The molecule has 3 atom stereocenters. The second-order valence-corrected chi connectivity index (χ2v) is 9.71. The molecule has 1 saturated carbocycles. The van der Waals surface area contributed by atoms with Gasteiger partial charge >= 0.3 is 6.18 Å². The van der Waals surface area contributed by atoms with Gasteiger partial charge in [-0.3, -0.25) is 4.40 Å². The zero-order valence-electron chi connectivity index (χ0n) is 15.1. The van der Waals surface area contributed by atoms with E-state index in [0.717, 1.165) is 5.52 Å². The number of hydrogen-bond donors (Lipinski definition) is 1. The summed E-state index contributed by atoms with van der Waals surface area (Å²) in [5.74, 6) is -1.12. The highest BCUT2D eigenvalue weighted by Crippen LogP contribution is 2.40. The van der Waals surface area contributed by atoms with Crippen molar-refractivity contribution < 1.29 is 21.6 Å². The fraction of sp³-hybridized carbons (Fsp3) is 0.588. The highest BCUT2D eigenvalue weighted by molar-refractivity contribution is 7.92. The van der Waals surface area contributed by atoms with Crippen LogP contribution in [0.3, 0.4) is 0 Å². The van der Waals surface area contributed by atoms with Crippen molar-refractivity contribution in [1.82, 2.24) is 24.6 Å². The number of alkyl halides is 3. The SMILES string of the molecule is CC[C@@H]1C[C@H](S(=O)(=O)CC(F)(F)F)C[C@@H]1Cc1nnc2cnc3[nH]ccc3n12. The van der Waals surface area contributed by atoms with Crippen molar-refractivity contribution in [1.29, 1.82) is 0 Å². The van der Waals surface area contributed by atoms with E-state index in [9.17, 15) is 21.6 Å². The van der Waals surface area contributed by atoms with Crippen molar-refractivity contribution in [3.63, 3.8) is 0 Å². The Morgan fingerprint density at radius 2 is 2.00 bits per heavy atom. The normalized spacial score (nSPS) is 23.8. The third-order valence-electron chi connectivity index (χ3n) is 5.65. The van der Waals surface area contributed by atoms with Gasteiger partial charge in [-0.1, -0.05) is 13.3 Å². The predicted octanol–water partition coefficient (Wildman–Crippen LogP) is 2.93. The topological polar surface area (TPSA) is 93.0 Å². The van der Waals surface area contributed by atoms with Crippen molar-refractivity contribution in [2.45, 2.75) is 44.0 Å². The molecule has 4 rings (SSSR count). The van der Waals surface area contributed by atoms with Gasteiger partial charge in [0.25, 0.3) is 0 Å². The smallest absolute Gasteiger partial charge is 0.345 e. The molecular formula is C17H20F3N5O2S. The third kappa shape index (κ3) is 3.47. The van der Waals surface area contributed by atoms with Gasteiger partial charge in [0.15, 0.2) is 21.1 Å². The van der Waals surface area contributed by atoms with Crippen LogP contribution >= 0.6 is 0 Å². The quantitative estimate of drug-likeness (QED) is 0.692. The van der Waals surface area contributed by atoms with Gasteiger partial charge in [-0.25, -0.2) is 13.4 Å². The molecule has 152 valence electrons. The van der Waals surface area contributed by atoms with Crippen LogP contribution in [0.5, 0.6) is 0 Å². The van der Waals surface area contributed by atoms with Crippen molar-refractivity contribution in [3.05, 3.63) is 24.3 Å². The molecule has 1 fully saturated rings. The van der Waals surface area contributed by atoms with E-state index < -0.39 is 27.0 Å². The first-order valence-corrected chi connectivity index (χ1v) is 10.8. The summed E-state index contributed by atoms with van der Waals surface area (Å²) < 4.78 is 64.4. The summed E-state index contributed by atoms with van der Waals surface area (Å²) in [6.07, 6.45) is 0.283. The summed E-state index contributed by atoms with van der Waals surface area (Å²) in [5.41, 5.74) is 2.07. The standard InChI is InChI=1S/C17H20F3N5O2S/c1-2-10-5-12(28(26,27)9-17(18,19)20)6-11(10)7-14-23-24-15-8-22-16-13(25(14)15)3-4-21-16/h3-4,8,10-12,21H,2,5-7,9H2,1H3/t10-,11-,12+/m1/s1. The zero-order chi connectivity index (χ0) is 20.1. The first-order valence-electron chi connectivity index (χ1n) is 9.12. The van der Waals surface area contributed by atoms with Crippen molar-refractivity contribution >= 4 is 26.6 Å². The summed E-state index contributed by atoms with van der Waals surface area (Å²) in [4.78, 5) is 7.28. The Bertz CT molecular complexity index is 1110. The lowest BCUT2D eigenvalue weighted by Crippen LogP contribution is -2.30. The minimum Gasteiger partial charge on any atom is -0.345 e. The van der Waals surface area contributed by atoms with Crippen LogP contribution in [0.25, 0.3) is 16.8 Å². The van der Waals surface area contributed by atoms with Crippen LogP contribution in [0.15, 0.2) is 18.5 Å². The molecule has 1 N–H and O–H groups in total. The number of halogens is 3. The molecule has 0 bridgehead atoms. The minimum atomic E-state index is -4.71. The second-order valence-electron chi connectivity index (χ2n) is 7.43. The largest absolute Gasteiger partial charge is 0.402 e. The van der Waals surface area contributed by atoms with E-state index in [-0.39, 0.29) is 24.7 Å². The zero-order valence-corrected chi connectivity index (χ0v) is 16.0. The lowest BCUT2D eigenvalue weighted by Gasteiger charge is -2.16. The molecule has 0 amide bonds. The molecule has 3 aromatic rings. The van der Waals surface area contributed by atoms with Gasteiger partial charge in [0.1, 0.15) is 11.6 Å². The Kier molecular flexibility index (Phi) is 4.59. The Morgan fingerprint density at radius 3 is 2.71 bits per heavy atom. The maximum Gasteiger partial charge on any atom is 0.402 e. The van der Waals surface area contributed by atoms with Gasteiger partial charge in [-0.2, -0.15) is 13.2 Å². The van der Waals surface area contributed by atoms with Crippen LogP contribution in [0, 0.1) is 11.8 Å². The monoisotopic (exact) mass is 415 g/mol. The third-order valence-corrected chi connectivity index (χ3v) is 7.78. The molecule has 7 nitrogen and oxygen atoms in total. The summed E-state index contributed by atoms with van der Waals surface area (Å²) >= 11 is 0. The van der Waals surface area contributed by atoms with Crippen LogP contribution in [0.2, 0.25) is 0 Å². The molecule has 1 aliphatic rings. The van der Waals surface area contributed by atoms with Crippen LogP contribution in [-0.2, 0) is 16.3 Å². The number of nitrogens with one attached hydrogen (secondary N) is 1. The van der Waals surface area contributed by atoms with E-state index in [1.54, 1.807) is 12.4 Å². The number of hydrogen-bond acceptors (Lipinski definition) is 5. The molecule has 0 unspecified atom stereocenters. The molecule has 0 aliphatic heterocycles. The molecular weight excluding hydrogens is 395 g/mol. The molecule has 0 aromatic carbocycles. The molecule has 1 aliphatic carbocycles. The Labute approximate surface area is 159 Å². The Hall–Kier alpha value is -2.17. The lowest BCUT2D eigenvalue weighted by atomic mass is 9.90. The highest BCUT2D eigenvalue weighted by Gasteiger charge is 2.45. The van der Waals surface area contributed by atoms with E-state index in [1.165, 1.54) is 0 Å². The number of sulfone groups is 1. The second kappa shape index (κ2) is 6.71. The maximum atomic E-state index is 12.7. The number of aromatic amines is 1. The first kappa shape index (κ1) is 19.2. The van der Waals surface area contributed by atoms with E-state index in [0.29, 0.717) is 30.0 Å². The van der Waals surface area contributed by atoms with Crippen LogP contribution < -0.4 is 0 Å². The molecule has 28 heavy (non-hydrogen) atoms. The summed E-state index contributed by atoms with van der Waals surface area (Å²) in [7, 11) is -4.22. The number of rotatable bonds is 5. The molecule has 11 heteroatoms. The van der Waals surface area contributed by atoms with E-state index in [1.807, 2.05) is 17.4 Å². The van der Waals surface area contributed by atoms with Crippen molar-refractivity contribution in [3.8, 4) is 0 Å².